The summed E-state index contributed by atoms with van der Waals surface area (Å²) >= 11 is 6.17. The highest BCUT2D eigenvalue weighted by molar-refractivity contribution is 6.36. The Morgan fingerprint density at radius 3 is 2.56 bits per heavy atom. The third kappa shape index (κ3) is 3.25. The molecule has 0 aliphatic carbocycles. The third-order valence-corrected chi connectivity index (χ3v) is 4.09. The van der Waals surface area contributed by atoms with Crippen LogP contribution in [0.3, 0.4) is 0 Å². The van der Waals surface area contributed by atoms with Crippen molar-refractivity contribution in [2.45, 2.75) is 0 Å². The molecule has 0 unspecified atom stereocenters. The number of methoxy groups -OCH3 is 1. The maximum atomic E-state index is 12.7. The fourth-order valence-corrected chi connectivity index (χ4v) is 2.79. The summed E-state index contributed by atoms with van der Waals surface area (Å²) in [4.78, 5) is 23.0. The molecule has 0 spiro atoms. The number of benzene rings is 3. The molecule has 0 aliphatic heterocycles. The van der Waals surface area contributed by atoms with Gasteiger partial charge in [0.25, 0.3) is 11.6 Å². The first-order valence-electron chi connectivity index (χ1n) is 7.32. The van der Waals surface area contributed by atoms with Gasteiger partial charge in [-0.15, -0.1) is 0 Å². The lowest BCUT2D eigenvalue weighted by Crippen LogP contribution is -2.13. The van der Waals surface area contributed by atoms with Gasteiger partial charge in [-0.25, -0.2) is 0 Å². The second kappa shape index (κ2) is 6.78. The number of nitrogens with one attached hydrogen (secondary N) is 1. The molecule has 0 atom stereocenters. The summed E-state index contributed by atoms with van der Waals surface area (Å²) in [6.07, 6.45) is 0. The van der Waals surface area contributed by atoms with Crippen LogP contribution in [0.1, 0.15) is 10.4 Å². The van der Waals surface area contributed by atoms with Crippen molar-refractivity contribution in [3.63, 3.8) is 0 Å². The lowest BCUT2D eigenvalue weighted by atomic mass is 10.0. The van der Waals surface area contributed by atoms with Gasteiger partial charge in [0, 0.05) is 22.0 Å². The van der Waals surface area contributed by atoms with E-state index >= 15 is 0 Å². The van der Waals surface area contributed by atoms with Gasteiger partial charge < -0.3 is 10.1 Å². The van der Waals surface area contributed by atoms with Crippen LogP contribution in [0.25, 0.3) is 10.8 Å². The molecule has 0 radical (unpaired) electrons. The lowest BCUT2D eigenvalue weighted by molar-refractivity contribution is -0.384. The molecule has 0 aliphatic rings. The number of anilines is 1. The Labute approximate surface area is 148 Å². The molecule has 6 nitrogen and oxygen atoms in total. The van der Waals surface area contributed by atoms with E-state index in [1.165, 1.54) is 25.3 Å². The van der Waals surface area contributed by atoms with E-state index in [4.69, 9.17) is 16.3 Å². The molecule has 0 saturated heterocycles. The molecule has 0 bridgehead atoms. The van der Waals surface area contributed by atoms with Gasteiger partial charge in [0.15, 0.2) is 0 Å². The number of carbonyl (C=O) groups excluding carboxylic acids is 1. The van der Waals surface area contributed by atoms with Gasteiger partial charge in [0.05, 0.1) is 23.8 Å². The van der Waals surface area contributed by atoms with Gasteiger partial charge in [0.2, 0.25) is 0 Å². The molecule has 0 saturated carbocycles. The summed E-state index contributed by atoms with van der Waals surface area (Å²) in [6, 6.07) is 14.6. The summed E-state index contributed by atoms with van der Waals surface area (Å²) in [5, 5.41) is 15.6. The van der Waals surface area contributed by atoms with E-state index in [0.29, 0.717) is 21.7 Å². The smallest absolute Gasteiger partial charge is 0.273 e. The second-order valence-electron chi connectivity index (χ2n) is 5.24. The van der Waals surface area contributed by atoms with Crippen molar-refractivity contribution in [2.75, 3.05) is 12.4 Å². The molecule has 1 amide bonds. The standard InChI is InChI=1S/C18H13ClN2O4/c1-25-17-10-11(21(23)24)8-9-16(17)20-18(22)14-6-2-5-13-12(14)4-3-7-15(13)19/h2-10H,1H3,(H,20,22). The van der Waals surface area contributed by atoms with Crippen LogP contribution in [0, 0.1) is 10.1 Å². The topological polar surface area (TPSA) is 81.5 Å². The molecule has 7 heteroatoms. The summed E-state index contributed by atoms with van der Waals surface area (Å²) in [6.45, 7) is 0. The van der Waals surface area contributed by atoms with Crippen molar-refractivity contribution in [1.29, 1.82) is 0 Å². The van der Waals surface area contributed by atoms with E-state index in [2.05, 4.69) is 5.32 Å². The zero-order valence-electron chi connectivity index (χ0n) is 13.2. The molecule has 0 heterocycles. The van der Waals surface area contributed by atoms with Crippen molar-refractivity contribution in [2.24, 2.45) is 0 Å². The first kappa shape index (κ1) is 16.7. The van der Waals surface area contributed by atoms with Crippen LogP contribution in [0.15, 0.2) is 54.6 Å². The predicted octanol–water partition coefficient (Wildman–Crippen LogP) is 4.66. The van der Waals surface area contributed by atoms with E-state index < -0.39 is 4.92 Å². The van der Waals surface area contributed by atoms with E-state index in [1.807, 2.05) is 12.1 Å². The number of nitro groups is 1. The Balaban J connectivity index is 1.98. The van der Waals surface area contributed by atoms with Gasteiger partial charge in [0.1, 0.15) is 5.75 Å². The Bertz CT molecular complexity index is 988. The number of carbonyl (C=O) groups is 1. The Morgan fingerprint density at radius 2 is 1.84 bits per heavy atom. The highest BCUT2D eigenvalue weighted by Gasteiger charge is 2.16. The number of non-ortho nitro benzene ring substituents is 1. The van der Waals surface area contributed by atoms with Crippen molar-refractivity contribution in [1.82, 2.24) is 0 Å². The maximum absolute atomic E-state index is 12.7. The molecule has 0 aromatic heterocycles. The molecule has 3 aromatic rings. The zero-order chi connectivity index (χ0) is 18.0. The van der Waals surface area contributed by atoms with E-state index in [9.17, 15) is 14.9 Å². The molecule has 0 fully saturated rings. The largest absolute Gasteiger partial charge is 0.494 e. The molecule has 1 N–H and O–H groups in total. The SMILES string of the molecule is COc1cc([N+](=O)[O-])ccc1NC(=O)c1cccc2c(Cl)cccc12. The number of rotatable bonds is 4. The minimum Gasteiger partial charge on any atom is -0.494 e. The summed E-state index contributed by atoms with van der Waals surface area (Å²) < 4.78 is 5.14. The second-order valence-corrected chi connectivity index (χ2v) is 5.64. The first-order chi connectivity index (χ1) is 12.0. The quantitative estimate of drug-likeness (QED) is 0.544. The number of nitrogens with zero attached hydrogens (tertiary/aromatic N) is 1. The summed E-state index contributed by atoms with van der Waals surface area (Å²) in [7, 11) is 1.38. The number of fused-ring (bicyclic) bond motifs is 1. The van der Waals surface area contributed by atoms with Crippen LogP contribution < -0.4 is 10.1 Å². The Kier molecular flexibility index (Phi) is 4.54. The van der Waals surface area contributed by atoms with E-state index in [1.54, 1.807) is 24.3 Å². The van der Waals surface area contributed by atoms with Crippen LogP contribution in [0.4, 0.5) is 11.4 Å². The average Bonchev–Trinajstić information content (AvgIpc) is 2.61. The van der Waals surface area contributed by atoms with Crippen molar-refractivity contribution >= 4 is 39.7 Å². The molecule has 25 heavy (non-hydrogen) atoms. The third-order valence-electron chi connectivity index (χ3n) is 3.76. The number of hydrogen-bond donors (Lipinski definition) is 1. The normalized spacial score (nSPS) is 10.5. The highest BCUT2D eigenvalue weighted by Crippen LogP contribution is 2.31. The van der Waals surface area contributed by atoms with Gasteiger partial charge >= 0.3 is 0 Å². The number of ether oxygens (including phenoxy) is 1. The van der Waals surface area contributed by atoms with Crippen LogP contribution >= 0.6 is 11.6 Å². The predicted molar refractivity (Wildman–Crippen MR) is 96.6 cm³/mol. The summed E-state index contributed by atoms with van der Waals surface area (Å²) in [5.74, 6) is -0.152. The van der Waals surface area contributed by atoms with Crippen molar-refractivity contribution in [3.05, 3.63) is 75.3 Å². The van der Waals surface area contributed by atoms with Gasteiger partial charge in [-0.3, -0.25) is 14.9 Å². The minimum absolute atomic E-state index is 0.119. The van der Waals surface area contributed by atoms with Gasteiger partial charge in [-0.1, -0.05) is 35.9 Å². The van der Waals surface area contributed by atoms with Crippen LogP contribution in [-0.2, 0) is 0 Å². The molecule has 3 rings (SSSR count). The van der Waals surface area contributed by atoms with E-state index in [-0.39, 0.29) is 17.3 Å². The molecular weight excluding hydrogens is 344 g/mol. The van der Waals surface area contributed by atoms with Gasteiger partial charge in [-0.05, 0) is 23.6 Å². The minimum atomic E-state index is -0.527. The van der Waals surface area contributed by atoms with Crippen LogP contribution in [-0.4, -0.2) is 17.9 Å². The van der Waals surface area contributed by atoms with E-state index in [0.717, 1.165) is 5.39 Å². The highest BCUT2D eigenvalue weighted by atomic mass is 35.5. The first-order valence-corrected chi connectivity index (χ1v) is 7.70. The van der Waals surface area contributed by atoms with Crippen molar-refractivity contribution in [3.8, 4) is 5.75 Å². The average molecular weight is 357 g/mol. The van der Waals surface area contributed by atoms with Crippen molar-refractivity contribution < 1.29 is 14.5 Å². The monoisotopic (exact) mass is 356 g/mol. The molecule has 126 valence electrons. The Hall–Kier alpha value is -3.12. The molecule has 3 aromatic carbocycles. The number of amides is 1. The Morgan fingerprint density at radius 1 is 1.12 bits per heavy atom. The molecular formula is C18H13ClN2O4. The number of nitro benzene ring substituents is 1. The van der Waals surface area contributed by atoms with Crippen LogP contribution in [0.5, 0.6) is 5.75 Å². The number of halogens is 1. The van der Waals surface area contributed by atoms with Crippen LogP contribution in [0.2, 0.25) is 5.02 Å². The lowest BCUT2D eigenvalue weighted by Gasteiger charge is -2.11. The number of hydrogen-bond acceptors (Lipinski definition) is 4. The van der Waals surface area contributed by atoms with Gasteiger partial charge in [-0.2, -0.15) is 0 Å². The maximum Gasteiger partial charge on any atom is 0.273 e. The fourth-order valence-electron chi connectivity index (χ4n) is 2.56. The zero-order valence-corrected chi connectivity index (χ0v) is 13.9. The summed E-state index contributed by atoms with van der Waals surface area (Å²) in [5.41, 5.74) is 0.671. The fraction of sp³-hybridized carbons (Fsp3) is 0.0556.